The van der Waals surface area contributed by atoms with Crippen LogP contribution in [-0.4, -0.2) is 30.1 Å². The first-order valence-corrected chi connectivity index (χ1v) is 5.06. The van der Waals surface area contributed by atoms with Crippen LogP contribution >= 0.6 is 0 Å². The Morgan fingerprint density at radius 3 is 2.79 bits per heavy atom. The molecule has 0 spiro atoms. The largest absolute Gasteiger partial charge is 0.357 e. The van der Waals surface area contributed by atoms with Gasteiger partial charge in [-0.25, -0.2) is 9.97 Å². The molecule has 0 radical (unpaired) electrons. The molecule has 0 unspecified atom stereocenters. The van der Waals surface area contributed by atoms with Crippen molar-refractivity contribution < 1.29 is 0 Å². The molecule has 14 heavy (non-hydrogen) atoms. The van der Waals surface area contributed by atoms with Crippen molar-refractivity contribution >= 4 is 5.95 Å². The first-order chi connectivity index (χ1) is 6.81. The Morgan fingerprint density at radius 1 is 1.21 bits per heavy atom. The third-order valence-electron chi connectivity index (χ3n) is 2.61. The third-order valence-corrected chi connectivity index (χ3v) is 2.61. The number of fused-ring (bicyclic) bond motifs is 1. The molecule has 0 atom stereocenters. The fourth-order valence-electron chi connectivity index (χ4n) is 1.84. The number of hydrogen-bond donors (Lipinski definition) is 2. The van der Waals surface area contributed by atoms with Gasteiger partial charge >= 0.3 is 0 Å². The van der Waals surface area contributed by atoms with Crippen LogP contribution in [0.25, 0.3) is 0 Å². The molecule has 0 amide bonds. The monoisotopic (exact) mass is 192 g/mol. The lowest BCUT2D eigenvalue weighted by molar-refractivity contribution is 0.708. The smallest absolute Gasteiger partial charge is 0.222 e. The summed E-state index contributed by atoms with van der Waals surface area (Å²) < 4.78 is 0. The molecule has 2 heterocycles. The highest BCUT2D eigenvalue weighted by molar-refractivity contribution is 5.34. The topological polar surface area (TPSA) is 49.8 Å². The Labute approximate surface area is 84.2 Å². The lowest BCUT2D eigenvalue weighted by Gasteiger charge is -2.09. The van der Waals surface area contributed by atoms with E-state index in [2.05, 4.69) is 27.5 Å². The summed E-state index contributed by atoms with van der Waals surface area (Å²) in [6.07, 6.45) is 2.05. The molecule has 4 nitrogen and oxygen atoms in total. The molecule has 76 valence electrons. The van der Waals surface area contributed by atoms with Gasteiger partial charge in [-0.1, -0.05) is 0 Å². The van der Waals surface area contributed by atoms with Crippen molar-refractivity contribution in [2.24, 2.45) is 0 Å². The maximum absolute atomic E-state index is 4.49. The molecule has 0 fully saturated rings. The SMILES string of the molecule is CNc1nc(C)c2c(n1)CCNCC2. The summed E-state index contributed by atoms with van der Waals surface area (Å²) in [7, 11) is 1.86. The van der Waals surface area contributed by atoms with Gasteiger partial charge in [0.25, 0.3) is 0 Å². The van der Waals surface area contributed by atoms with Crippen molar-refractivity contribution in [3.63, 3.8) is 0 Å². The molecule has 4 heteroatoms. The van der Waals surface area contributed by atoms with Crippen LogP contribution in [0.5, 0.6) is 0 Å². The highest BCUT2D eigenvalue weighted by Gasteiger charge is 2.13. The molecular weight excluding hydrogens is 176 g/mol. The van der Waals surface area contributed by atoms with Crippen LogP contribution in [0.3, 0.4) is 0 Å². The highest BCUT2D eigenvalue weighted by atomic mass is 15.1. The van der Waals surface area contributed by atoms with Crippen molar-refractivity contribution in [1.82, 2.24) is 15.3 Å². The van der Waals surface area contributed by atoms with Gasteiger partial charge < -0.3 is 10.6 Å². The molecule has 1 aromatic rings. The molecule has 0 bridgehead atoms. The molecule has 2 rings (SSSR count). The van der Waals surface area contributed by atoms with E-state index in [0.29, 0.717) is 0 Å². The average Bonchev–Trinajstić information content (AvgIpc) is 2.42. The minimum absolute atomic E-state index is 0.739. The normalized spacial score (nSPS) is 15.9. The van der Waals surface area contributed by atoms with Crippen LogP contribution < -0.4 is 10.6 Å². The summed E-state index contributed by atoms with van der Waals surface area (Å²) in [5.41, 5.74) is 3.64. The summed E-state index contributed by atoms with van der Waals surface area (Å²) in [6, 6.07) is 0. The molecule has 1 aliphatic heterocycles. The predicted molar refractivity (Wildman–Crippen MR) is 56.6 cm³/mol. The molecule has 2 N–H and O–H groups in total. The van der Waals surface area contributed by atoms with Gasteiger partial charge in [-0.2, -0.15) is 0 Å². The average molecular weight is 192 g/mol. The molecule has 1 aliphatic rings. The Morgan fingerprint density at radius 2 is 2.00 bits per heavy atom. The maximum Gasteiger partial charge on any atom is 0.222 e. The van der Waals surface area contributed by atoms with Gasteiger partial charge in [0.2, 0.25) is 5.95 Å². The molecule has 0 saturated carbocycles. The second-order valence-corrected chi connectivity index (χ2v) is 3.56. The van der Waals surface area contributed by atoms with Crippen molar-refractivity contribution in [3.05, 3.63) is 17.0 Å². The summed E-state index contributed by atoms with van der Waals surface area (Å²) in [5, 5.41) is 6.37. The van der Waals surface area contributed by atoms with Crippen molar-refractivity contribution in [2.45, 2.75) is 19.8 Å². The zero-order chi connectivity index (χ0) is 9.97. The predicted octanol–water partition coefficient (Wildman–Crippen LogP) is 0.515. The molecule has 0 saturated heterocycles. The molecular formula is C10H16N4. The van der Waals surface area contributed by atoms with Gasteiger partial charge in [0.05, 0.1) is 5.69 Å². The van der Waals surface area contributed by atoms with Gasteiger partial charge in [-0.3, -0.25) is 0 Å². The van der Waals surface area contributed by atoms with Gasteiger partial charge in [-0.05, 0) is 25.5 Å². The van der Waals surface area contributed by atoms with E-state index < -0.39 is 0 Å². The van der Waals surface area contributed by atoms with Crippen molar-refractivity contribution in [2.75, 3.05) is 25.5 Å². The van der Waals surface area contributed by atoms with Crippen molar-refractivity contribution in [3.8, 4) is 0 Å². The van der Waals surface area contributed by atoms with E-state index in [0.717, 1.165) is 37.6 Å². The number of hydrogen-bond acceptors (Lipinski definition) is 4. The van der Waals surface area contributed by atoms with E-state index in [1.54, 1.807) is 0 Å². The zero-order valence-corrected chi connectivity index (χ0v) is 8.72. The number of rotatable bonds is 1. The summed E-state index contributed by atoms with van der Waals surface area (Å²) in [4.78, 5) is 8.89. The van der Waals surface area contributed by atoms with E-state index in [1.807, 2.05) is 7.05 Å². The Bertz CT molecular complexity index is 335. The number of nitrogens with zero attached hydrogens (tertiary/aromatic N) is 2. The third kappa shape index (κ3) is 1.70. The minimum Gasteiger partial charge on any atom is -0.357 e. The Hall–Kier alpha value is -1.16. The summed E-state index contributed by atoms with van der Waals surface area (Å²) in [6.45, 7) is 4.12. The second kappa shape index (κ2) is 3.92. The van der Waals surface area contributed by atoms with E-state index in [-0.39, 0.29) is 0 Å². The van der Waals surface area contributed by atoms with E-state index >= 15 is 0 Å². The minimum atomic E-state index is 0.739. The number of aromatic nitrogens is 2. The fourth-order valence-corrected chi connectivity index (χ4v) is 1.84. The van der Waals surface area contributed by atoms with Gasteiger partial charge in [-0.15, -0.1) is 0 Å². The summed E-state index contributed by atoms with van der Waals surface area (Å²) >= 11 is 0. The fraction of sp³-hybridized carbons (Fsp3) is 0.600. The zero-order valence-electron chi connectivity index (χ0n) is 8.72. The van der Waals surface area contributed by atoms with Crippen LogP contribution in [0.1, 0.15) is 17.0 Å². The molecule has 0 aliphatic carbocycles. The molecule has 1 aromatic heterocycles. The number of nitrogens with one attached hydrogen (secondary N) is 2. The van der Waals surface area contributed by atoms with Crippen molar-refractivity contribution in [1.29, 1.82) is 0 Å². The van der Waals surface area contributed by atoms with Gasteiger partial charge in [0.1, 0.15) is 0 Å². The van der Waals surface area contributed by atoms with Crippen LogP contribution in [-0.2, 0) is 12.8 Å². The van der Waals surface area contributed by atoms with Crippen LogP contribution in [0.15, 0.2) is 0 Å². The lowest BCUT2D eigenvalue weighted by atomic mass is 10.1. The van der Waals surface area contributed by atoms with E-state index in [9.17, 15) is 0 Å². The first kappa shape index (κ1) is 9.40. The van der Waals surface area contributed by atoms with E-state index in [1.165, 1.54) is 11.3 Å². The van der Waals surface area contributed by atoms with Crippen LogP contribution in [0.4, 0.5) is 5.95 Å². The Balaban J connectivity index is 2.43. The van der Waals surface area contributed by atoms with Gasteiger partial charge in [0.15, 0.2) is 0 Å². The highest BCUT2D eigenvalue weighted by Crippen LogP contribution is 2.15. The van der Waals surface area contributed by atoms with Gasteiger partial charge in [0, 0.05) is 25.7 Å². The Kier molecular flexibility index (Phi) is 2.63. The second-order valence-electron chi connectivity index (χ2n) is 3.56. The maximum atomic E-state index is 4.49. The first-order valence-electron chi connectivity index (χ1n) is 5.06. The van der Waals surface area contributed by atoms with Crippen LogP contribution in [0, 0.1) is 6.92 Å². The van der Waals surface area contributed by atoms with Crippen LogP contribution in [0.2, 0.25) is 0 Å². The molecule has 0 aromatic carbocycles. The quantitative estimate of drug-likeness (QED) is 0.681. The number of anilines is 1. The van der Waals surface area contributed by atoms with E-state index in [4.69, 9.17) is 0 Å². The lowest BCUT2D eigenvalue weighted by Crippen LogP contribution is -2.16. The number of aryl methyl sites for hydroxylation is 1. The summed E-state index contributed by atoms with van der Waals surface area (Å²) in [5.74, 6) is 0.739. The standard InChI is InChI=1S/C10H16N4/c1-7-8-3-5-12-6-4-9(8)14-10(11-2)13-7/h12H,3-6H2,1-2H3,(H,11,13,14).